The Labute approximate surface area is 143 Å². The number of hydrogen-bond acceptors (Lipinski definition) is 4. The molecule has 0 aliphatic carbocycles. The van der Waals surface area contributed by atoms with Crippen molar-refractivity contribution in [2.75, 3.05) is 38.2 Å². The molecule has 2 aliphatic rings. The fourth-order valence-electron chi connectivity index (χ4n) is 2.99. The van der Waals surface area contributed by atoms with E-state index in [-0.39, 0.29) is 12.1 Å². The number of hydrogen-bond donors (Lipinski definition) is 1. The molecular weight excluding hydrogens is 308 g/mol. The van der Waals surface area contributed by atoms with E-state index in [4.69, 9.17) is 14.2 Å². The predicted molar refractivity (Wildman–Crippen MR) is 91.9 cm³/mol. The van der Waals surface area contributed by atoms with Gasteiger partial charge in [-0.2, -0.15) is 0 Å². The first-order valence-electron chi connectivity index (χ1n) is 8.83. The van der Waals surface area contributed by atoms with Crippen molar-refractivity contribution in [2.24, 2.45) is 0 Å². The van der Waals surface area contributed by atoms with E-state index in [1.165, 1.54) is 0 Å². The third kappa shape index (κ3) is 4.32. The topological polar surface area (TPSA) is 60.0 Å². The molecule has 0 unspecified atom stereocenters. The van der Waals surface area contributed by atoms with Crippen LogP contribution in [0.1, 0.15) is 32.6 Å². The van der Waals surface area contributed by atoms with Crippen LogP contribution in [0.4, 0.5) is 10.5 Å². The molecule has 3 rings (SSSR count). The zero-order chi connectivity index (χ0) is 16.8. The maximum absolute atomic E-state index is 12.5. The Morgan fingerprint density at radius 1 is 1.29 bits per heavy atom. The summed E-state index contributed by atoms with van der Waals surface area (Å²) in [4.78, 5) is 14.3. The zero-order valence-electron chi connectivity index (χ0n) is 14.3. The molecule has 0 saturated carbocycles. The van der Waals surface area contributed by atoms with Gasteiger partial charge in [-0.1, -0.05) is 6.92 Å². The van der Waals surface area contributed by atoms with Gasteiger partial charge in [-0.3, -0.25) is 0 Å². The molecule has 6 heteroatoms. The number of nitrogens with zero attached hydrogens (tertiary/aromatic N) is 1. The molecule has 1 N–H and O–H groups in total. The summed E-state index contributed by atoms with van der Waals surface area (Å²) in [7, 11) is 0. The summed E-state index contributed by atoms with van der Waals surface area (Å²) in [5, 5.41) is 2.95. The Morgan fingerprint density at radius 3 is 2.96 bits per heavy atom. The number of urea groups is 1. The van der Waals surface area contributed by atoms with Crippen LogP contribution >= 0.6 is 0 Å². The van der Waals surface area contributed by atoms with Gasteiger partial charge in [-0.15, -0.1) is 0 Å². The van der Waals surface area contributed by atoms with Crippen molar-refractivity contribution in [3.8, 4) is 11.5 Å². The quantitative estimate of drug-likeness (QED) is 0.918. The summed E-state index contributed by atoms with van der Waals surface area (Å²) in [6.45, 7) is 5.55. The summed E-state index contributed by atoms with van der Waals surface area (Å²) < 4.78 is 17.1. The largest absolute Gasteiger partial charge is 0.490 e. The minimum absolute atomic E-state index is 0.0886. The first kappa shape index (κ1) is 16.9. The number of likely N-dealkylation sites (tertiary alicyclic amines) is 1. The van der Waals surface area contributed by atoms with Crippen LogP contribution in [0.5, 0.6) is 11.5 Å². The second-order valence-electron chi connectivity index (χ2n) is 6.22. The normalized spacial score (nSPS) is 20.4. The number of nitrogens with one attached hydrogen (secondary N) is 1. The van der Waals surface area contributed by atoms with Crippen LogP contribution in [0.15, 0.2) is 18.2 Å². The third-order valence-corrected chi connectivity index (χ3v) is 4.22. The van der Waals surface area contributed by atoms with E-state index >= 15 is 0 Å². The lowest BCUT2D eigenvalue weighted by molar-refractivity contribution is 0.0115. The Kier molecular flexibility index (Phi) is 5.80. The lowest BCUT2D eigenvalue weighted by Gasteiger charge is -2.32. The molecule has 6 nitrogen and oxygen atoms in total. The Balaban J connectivity index is 1.59. The van der Waals surface area contributed by atoms with E-state index in [1.807, 2.05) is 23.1 Å². The van der Waals surface area contributed by atoms with Gasteiger partial charge >= 0.3 is 6.03 Å². The van der Waals surface area contributed by atoms with E-state index in [2.05, 4.69) is 12.2 Å². The smallest absolute Gasteiger partial charge is 0.321 e. The van der Waals surface area contributed by atoms with Crippen molar-refractivity contribution in [1.29, 1.82) is 0 Å². The highest BCUT2D eigenvalue weighted by Crippen LogP contribution is 2.32. The van der Waals surface area contributed by atoms with Gasteiger partial charge in [0.05, 0.1) is 19.3 Å². The minimum atomic E-state index is -0.0886. The molecule has 1 aromatic carbocycles. The minimum Gasteiger partial charge on any atom is -0.490 e. The first-order valence-corrected chi connectivity index (χ1v) is 8.83. The molecule has 24 heavy (non-hydrogen) atoms. The van der Waals surface area contributed by atoms with Gasteiger partial charge in [0.2, 0.25) is 0 Å². The van der Waals surface area contributed by atoms with Gasteiger partial charge in [0.25, 0.3) is 0 Å². The summed E-state index contributed by atoms with van der Waals surface area (Å²) in [6, 6.07) is 5.43. The van der Waals surface area contributed by atoms with Crippen molar-refractivity contribution in [1.82, 2.24) is 4.90 Å². The van der Waals surface area contributed by atoms with Crippen LogP contribution in [-0.4, -0.2) is 49.9 Å². The first-order chi connectivity index (χ1) is 11.8. The van der Waals surface area contributed by atoms with Gasteiger partial charge < -0.3 is 24.4 Å². The number of ether oxygens (including phenoxy) is 3. The molecule has 0 aromatic heterocycles. The molecule has 2 aliphatic heterocycles. The monoisotopic (exact) mass is 334 g/mol. The maximum atomic E-state index is 12.5. The van der Waals surface area contributed by atoms with E-state index < -0.39 is 0 Å². The average molecular weight is 334 g/mol. The number of amides is 2. The highest BCUT2D eigenvalue weighted by atomic mass is 16.5. The summed E-state index contributed by atoms with van der Waals surface area (Å²) in [5.74, 6) is 1.42. The molecular formula is C18H26N2O4. The highest BCUT2D eigenvalue weighted by molar-refractivity contribution is 5.89. The number of piperidine rings is 1. The number of fused-ring (bicyclic) bond motifs is 1. The van der Waals surface area contributed by atoms with Crippen molar-refractivity contribution >= 4 is 11.7 Å². The fraction of sp³-hybridized carbons (Fsp3) is 0.611. The van der Waals surface area contributed by atoms with Gasteiger partial charge in [0.1, 0.15) is 0 Å². The molecule has 1 fully saturated rings. The molecule has 1 atom stereocenters. The van der Waals surface area contributed by atoms with Crippen LogP contribution in [-0.2, 0) is 4.74 Å². The zero-order valence-corrected chi connectivity index (χ0v) is 14.3. The number of benzene rings is 1. The molecule has 1 aromatic rings. The molecule has 0 spiro atoms. The molecule has 1 saturated heterocycles. The lowest BCUT2D eigenvalue weighted by Crippen LogP contribution is -2.45. The van der Waals surface area contributed by atoms with Crippen molar-refractivity contribution in [3.05, 3.63) is 18.2 Å². The Morgan fingerprint density at radius 2 is 2.12 bits per heavy atom. The molecule has 2 heterocycles. The Bertz CT molecular complexity index is 564. The number of carbonyl (C=O) groups is 1. The van der Waals surface area contributed by atoms with Crippen molar-refractivity contribution in [2.45, 2.75) is 38.7 Å². The Hall–Kier alpha value is -1.95. The third-order valence-electron chi connectivity index (χ3n) is 4.22. The fourth-order valence-corrected chi connectivity index (χ4v) is 2.99. The van der Waals surface area contributed by atoms with Crippen LogP contribution in [0.2, 0.25) is 0 Å². The van der Waals surface area contributed by atoms with E-state index in [0.29, 0.717) is 25.5 Å². The number of carbonyl (C=O) groups excluding carboxylic acids is 1. The van der Waals surface area contributed by atoms with Crippen molar-refractivity contribution in [3.63, 3.8) is 0 Å². The summed E-state index contributed by atoms with van der Waals surface area (Å²) in [5.41, 5.74) is 0.723. The average Bonchev–Trinajstić information content (AvgIpc) is 2.85. The second-order valence-corrected chi connectivity index (χ2v) is 6.22. The van der Waals surface area contributed by atoms with Crippen LogP contribution < -0.4 is 14.8 Å². The van der Waals surface area contributed by atoms with Gasteiger partial charge in [-0.25, -0.2) is 4.79 Å². The van der Waals surface area contributed by atoms with Crippen molar-refractivity contribution < 1.29 is 19.0 Å². The van der Waals surface area contributed by atoms with Gasteiger partial charge in [0, 0.05) is 37.9 Å². The predicted octanol–water partition coefficient (Wildman–Crippen LogP) is 3.27. The highest BCUT2D eigenvalue weighted by Gasteiger charge is 2.24. The van der Waals surface area contributed by atoms with Crippen LogP contribution in [0, 0.1) is 0 Å². The van der Waals surface area contributed by atoms with E-state index in [1.54, 1.807) is 0 Å². The molecule has 132 valence electrons. The summed E-state index contributed by atoms with van der Waals surface area (Å²) >= 11 is 0. The summed E-state index contributed by atoms with van der Waals surface area (Å²) in [6.07, 6.45) is 4.01. The maximum Gasteiger partial charge on any atom is 0.321 e. The second kappa shape index (κ2) is 8.24. The lowest BCUT2D eigenvalue weighted by atomic mass is 10.1. The standard InChI is InChI=1S/C18H26N2O4/c1-2-9-22-15-5-3-8-20(13-15)18(21)19-14-6-7-16-17(12-14)24-11-4-10-23-16/h6-7,12,15H,2-5,8-11,13H2,1H3,(H,19,21)/t15-/m0/s1. The molecule has 0 radical (unpaired) electrons. The molecule has 2 amide bonds. The number of rotatable bonds is 4. The SMILES string of the molecule is CCCO[C@H]1CCCN(C(=O)Nc2ccc3c(c2)OCCCO3)C1. The van der Waals surface area contributed by atoms with Gasteiger partial charge in [-0.05, 0) is 31.4 Å². The number of anilines is 1. The van der Waals surface area contributed by atoms with Crippen LogP contribution in [0.25, 0.3) is 0 Å². The van der Waals surface area contributed by atoms with E-state index in [0.717, 1.165) is 50.3 Å². The van der Waals surface area contributed by atoms with Gasteiger partial charge in [0.15, 0.2) is 11.5 Å². The van der Waals surface area contributed by atoms with Crippen LogP contribution in [0.3, 0.4) is 0 Å². The van der Waals surface area contributed by atoms with E-state index in [9.17, 15) is 4.79 Å². The molecule has 0 bridgehead atoms.